The lowest BCUT2D eigenvalue weighted by atomic mass is 9.89. The highest BCUT2D eigenvalue weighted by Crippen LogP contribution is 2.43. The van der Waals surface area contributed by atoms with Gasteiger partial charge in [0.05, 0.1) is 22.4 Å². The summed E-state index contributed by atoms with van der Waals surface area (Å²) in [4.78, 5) is 5.22. The minimum Gasteiger partial charge on any atom is -0.309 e. The summed E-state index contributed by atoms with van der Waals surface area (Å²) >= 11 is 1.88. The van der Waals surface area contributed by atoms with Crippen LogP contribution in [0.1, 0.15) is 0 Å². The van der Waals surface area contributed by atoms with E-state index in [0.717, 1.165) is 39.3 Å². The molecule has 10 aromatic carbocycles. The maximum atomic E-state index is 5.22. The SMILES string of the molecule is c1ccc(-c2cc(-c3cc(-c4ccc5c(c4)c4ccccc4n5-c4ccc(-c5cccc6c5sc5ccccc56)cc4)c4ccc5ccccc5c4c3)cc(-c3ccccc3)n2)cc1. The van der Waals surface area contributed by atoms with Gasteiger partial charge in [-0.1, -0.05) is 170 Å². The van der Waals surface area contributed by atoms with Gasteiger partial charge in [0.1, 0.15) is 0 Å². The molecular weight excluding hydrogens is 793 g/mol. The van der Waals surface area contributed by atoms with Gasteiger partial charge in [0, 0.05) is 47.8 Å². The lowest BCUT2D eigenvalue weighted by molar-refractivity contribution is 1.18. The second-order valence-corrected chi connectivity index (χ2v) is 17.7. The number of fused-ring (bicyclic) bond motifs is 9. The summed E-state index contributed by atoms with van der Waals surface area (Å²) < 4.78 is 5.08. The molecule has 0 N–H and O–H groups in total. The van der Waals surface area contributed by atoms with Gasteiger partial charge in [-0.15, -0.1) is 11.3 Å². The van der Waals surface area contributed by atoms with Crippen LogP contribution in [0.2, 0.25) is 0 Å². The first-order valence-electron chi connectivity index (χ1n) is 21.9. The lowest BCUT2D eigenvalue weighted by Crippen LogP contribution is -1.94. The Kier molecular flexibility index (Phi) is 8.43. The van der Waals surface area contributed by atoms with Crippen molar-refractivity contribution in [3.8, 4) is 61.6 Å². The Morgan fingerprint density at radius 1 is 0.312 bits per heavy atom. The third kappa shape index (κ3) is 5.97. The van der Waals surface area contributed by atoms with Gasteiger partial charge in [-0.3, -0.25) is 0 Å². The Balaban J connectivity index is 0.985. The highest BCUT2D eigenvalue weighted by molar-refractivity contribution is 7.26. The monoisotopic (exact) mass is 830 g/mol. The van der Waals surface area contributed by atoms with Crippen LogP contribution in [0, 0.1) is 0 Å². The highest BCUT2D eigenvalue weighted by Gasteiger charge is 2.18. The van der Waals surface area contributed by atoms with Crippen LogP contribution in [0.15, 0.2) is 231 Å². The number of hydrogen-bond acceptors (Lipinski definition) is 2. The summed E-state index contributed by atoms with van der Waals surface area (Å²) in [5.41, 5.74) is 14.8. The summed E-state index contributed by atoms with van der Waals surface area (Å²) in [5.74, 6) is 0. The molecule has 0 fully saturated rings. The van der Waals surface area contributed by atoms with Gasteiger partial charge in [0.2, 0.25) is 0 Å². The van der Waals surface area contributed by atoms with E-state index in [4.69, 9.17) is 4.98 Å². The van der Waals surface area contributed by atoms with Gasteiger partial charge >= 0.3 is 0 Å². The zero-order valence-electron chi connectivity index (χ0n) is 34.7. The zero-order chi connectivity index (χ0) is 42.1. The molecule has 3 heterocycles. The molecule has 0 atom stereocenters. The summed E-state index contributed by atoms with van der Waals surface area (Å²) in [7, 11) is 0. The van der Waals surface area contributed by atoms with E-state index in [1.807, 2.05) is 11.3 Å². The molecule has 0 aliphatic rings. The summed E-state index contributed by atoms with van der Waals surface area (Å²) in [6.07, 6.45) is 0. The molecule has 298 valence electrons. The van der Waals surface area contributed by atoms with Crippen LogP contribution < -0.4 is 0 Å². The fraction of sp³-hybridized carbons (Fsp3) is 0. The molecule has 0 radical (unpaired) electrons. The molecule has 2 nitrogen and oxygen atoms in total. The molecule has 0 saturated heterocycles. The molecule has 0 aliphatic carbocycles. The number of nitrogens with zero attached hydrogens (tertiary/aromatic N) is 2. The Morgan fingerprint density at radius 3 is 1.70 bits per heavy atom. The molecule has 0 unspecified atom stereocenters. The number of para-hydroxylation sites is 1. The number of pyridine rings is 1. The predicted octanol–water partition coefficient (Wildman–Crippen LogP) is 17.2. The van der Waals surface area contributed by atoms with Crippen LogP contribution in [0.4, 0.5) is 0 Å². The fourth-order valence-corrected chi connectivity index (χ4v) is 11.2. The largest absolute Gasteiger partial charge is 0.309 e. The van der Waals surface area contributed by atoms with Gasteiger partial charge in [0.25, 0.3) is 0 Å². The van der Waals surface area contributed by atoms with Crippen molar-refractivity contribution in [1.29, 1.82) is 0 Å². The summed E-state index contributed by atoms with van der Waals surface area (Å²) in [6.45, 7) is 0. The predicted molar refractivity (Wildman–Crippen MR) is 274 cm³/mol. The molecule has 13 rings (SSSR count). The Hall–Kier alpha value is -8.11. The minimum absolute atomic E-state index is 0.955. The summed E-state index contributed by atoms with van der Waals surface area (Å²) in [6, 6.07) is 84.1. The molecule has 0 bridgehead atoms. The molecule has 3 aromatic heterocycles. The molecular formula is C61H38N2S. The maximum absolute atomic E-state index is 5.22. The van der Waals surface area contributed by atoms with Crippen molar-refractivity contribution < 1.29 is 0 Å². The lowest BCUT2D eigenvalue weighted by Gasteiger charge is -2.16. The van der Waals surface area contributed by atoms with Crippen molar-refractivity contribution in [1.82, 2.24) is 9.55 Å². The second kappa shape index (κ2) is 14.8. The quantitative estimate of drug-likeness (QED) is 0.153. The smallest absolute Gasteiger partial charge is 0.0715 e. The number of hydrogen-bond donors (Lipinski definition) is 0. The number of thiophene rings is 1. The standard InChI is InChI=1S/C61H38N2S/c1-3-15-41(16-4-1)56-37-45(38-57(62-56)42-17-5-2-6-18-42)44-35-53(49-32-28-39-14-7-8-19-47(39)54(49)36-44)43-29-33-59-55(34-43)50-20-9-11-24-58(50)63(59)46-30-26-40(27-31-46)48-22-13-23-52-51-21-10-12-25-60(51)64-61(48)52/h1-38H. The Bertz CT molecular complexity index is 3880. The topological polar surface area (TPSA) is 17.8 Å². The third-order valence-electron chi connectivity index (χ3n) is 13.0. The van der Waals surface area contributed by atoms with Crippen molar-refractivity contribution in [3.63, 3.8) is 0 Å². The first-order valence-corrected chi connectivity index (χ1v) is 22.7. The van der Waals surface area contributed by atoms with Gasteiger partial charge in [-0.2, -0.15) is 0 Å². The van der Waals surface area contributed by atoms with E-state index in [1.54, 1.807) is 0 Å². The number of rotatable bonds is 6. The van der Waals surface area contributed by atoms with Crippen LogP contribution >= 0.6 is 11.3 Å². The average Bonchev–Trinajstić information content (AvgIpc) is 3.92. The fourth-order valence-electron chi connectivity index (χ4n) is 9.92. The van der Waals surface area contributed by atoms with Crippen LogP contribution in [0.25, 0.3) is 125 Å². The molecule has 0 saturated carbocycles. The Morgan fingerprint density at radius 2 is 0.922 bits per heavy atom. The first kappa shape index (κ1) is 36.5. The molecule has 64 heavy (non-hydrogen) atoms. The van der Waals surface area contributed by atoms with Crippen molar-refractivity contribution >= 4 is 74.9 Å². The van der Waals surface area contributed by atoms with Crippen molar-refractivity contribution in [2.24, 2.45) is 0 Å². The van der Waals surface area contributed by atoms with Gasteiger partial charge in [-0.25, -0.2) is 4.98 Å². The van der Waals surface area contributed by atoms with Crippen LogP contribution in [0.3, 0.4) is 0 Å². The second-order valence-electron chi connectivity index (χ2n) is 16.7. The van der Waals surface area contributed by atoms with E-state index >= 15 is 0 Å². The van der Waals surface area contributed by atoms with Crippen molar-refractivity contribution in [2.45, 2.75) is 0 Å². The van der Waals surface area contributed by atoms with E-state index in [0.29, 0.717) is 0 Å². The van der Waals surface area contributed by atoms with E-state index in [1.165, 1.54) is 85.8 Å². The van der Waals surface area contributed by atoms with Crippen molar-refractivity contribution in [2.75, 3.05) is 0 Å². The van der Waals surface area contributed by atoms with Gasteiger partial charge in [-0.05, 0) is 116 Å². The molecule has 0 aliphatic heterocycles. The van der Waals surface area contributed by atoms with Crippen LogP contribution in [-0.4, -0.2) is 9.55 Å². The maximum Gasteiger partial charge on any atom is 0.0715 e. The summed E-state index contributed by atoms with van der Waals surface area (Å²) in [5, 5.41) is 10.1. The Labute approximate surface area is 374 Å². The van der Waals surface area contributed by atoms with Crippen LogP contribution in [0.5, 0.6) is 0 Å². The molecule has 3 heteroatoms. The van der Waals surface area contributed by atoms with E-state index in [-0.39, 0.29) is 0 Å². The van der Waals surface area contributed by atoms with Gasteiger partial charge < -0.3 is 4.57 Å². The minimum atomic E-state index is 0.955. The zero-order valence-corrected chi connectivity index (χ0v) is 35.6. The van der Waals surface area contributed by atoms with E-state index in [2.05, 4.69) is 235 Å². The van der Waals surface area contributed by atoms with Crippen LogP contribution in [-0.2, 0) is 0 Å². The van der Waals surface area contributed by atoms with E-state index < -0.39 is 0 Å². The molecule has 13 aromatic rings. The number of aromatic nitrogens is 2. The first-order chi connectivity index (χ1) is 31.7. The highest BCUT2D eigenvalue weighted by atomic mass is 32.1. The van der Waals surface area contributed by atoms with Gasteiger partial charge in [0.15, 0.2) is 0 Å². The van der Waals surface area contributed by atoms with Crippen molar-refractivity contribution in [3.05, 3.63) is 231 Å². The molecule has 0 spiro atoms. The normalized spacial score (nSPS) is 11.8. The van der Waals surface area contributed by atoms with E-state index in [9.17, 15) is 0 Å². The average molecular weight is 831 g/mol. The third-order valence-corrected chi connectivity index (χ3v) is 14.2. The number of benzene rings is 10. The molecule has 0 amide bonds.